The van der Waals surface area contributed by atoms with E-state index in [1.165, 1.54) is 0 Å². The van der Waals surface area contributed by atoms with E-state index in [0.717, 1.165) is 0 Å². The molecular weight excluding hydrogens is 274 g/mol. The van der Waals surface area contributed by atoms with E-state index in [1.807, 2.05) is 6.92 Å². The predicted molar refractivity (Wildman–Crippen MR) is 77.6 cm³/mol. The molecule has 0 spiro atoms. The van der Waals surface area contributed by atoms with Crippen molar-refractivity contribution in [3.63, 3.8) is 0 Å². The Morgan fingerprint density at radius 1 is 1.24 bits per heavy atom. The number of carboxylic acid groups (broad SMARTS) is 1. The fourth-order valence-corrected chi connectivity index (χ4v) is 1.71. The summed E-state index contributed by atoms with van der Waals surface area (Å²) in [4.78, 5) is 23.1. The first-order valence-corrected chi connectivity index (χ1v) is 6.93. The number of benzene rings is 1. The second-order valence-electron chi connectivity index (χ2n) is 4.31. The Bertz CT molecular complexity index is 475. The van der Waals surface area contributed by atoms with Gasteiger partial charge in [-0.1, -0.05) is 19.1 Å². The smallest absolute Gasteiger partial charge is 0.326 e. The van der Waals surface area contributed by atoms with E-state index in [-0.39, 0.29) is 0 Å². The lowest BCUT2D eigenvalue weighted by molar-refractivity contribution is -0.139. The molecule has 1 amide bonds. The fourth-order valence-electron chi connectivity index (χ4n) is 1.71. The summed E-state index contributed by atoms with van der Waals surface area (Å²) in [5.74, 6) is -1.10. The first kappa shape index (κ1) is 17.0. The van der Waals surface area contributed by atoms with Crippen LogP contribution in [-0.4, -0.2) is 42.8 Å². The standard InChI is InChI=1S/C15H21NO5/c1-3-12(15(18)19)16-14(17)11-7-5-6-8-13(11)21-10-9-20-4-2/h5-8,12H,3-4,9-10H2,1-2H3,(H,16,17)(H,18,19). The van der Waals surface area contributed by atoms with Crippen LogP contribution in [-0.2, 0) is 9.53 Å². The zero-order valence-electron chi connectivity index (χ0n) is 12.3. The number of hydrogen-bond donors (Lipinski definition) is 2. The van der Waals surface area contributed by atoms with Gasteiger partial charge in [0, 0.05) is 6.61 Å². The number of amides is 1. The van der Waals surface area contributed by atoms with Crippen molar-refractivity contribution in [2.45, 2.75) is 26.3 Å². The summed E-state index contributed by atoms with van der Waals surface area (Å²) in [6, 6.07) is 5.81. The summed E-state index contributed by atoms with van der Waals surface area (Å²) in [7, 11) is 0. The Balaban J connectivity index is 2.72. The van der Waals surface area contributed by atoms with Crippen molar-refractivity contribution in [3.05, 3.63) is 29.8 Å². The zero-order chi connectivity index (χ0) is 15.7. The molecule has 1 atom stereocenters. The SMILES string of the molecule is CCOCCOc1ccccc1C(=O)NC(CC)C(=O)O. The van der Waals surface area contributed by atoms with Crippen LogP contribution in [0.15, 0.2) is 24.3 Å². The number of ether oxygens (including phenoxy) is 2. The first-order chi connectivity index (χ1) is 10.1. The van der Waals surface area contributed by atoms with E-state index in [4.69, 9.17) is 14.6 Å². The zero-order valence-corrected chi connectivity index (χ0v) is 12.3. The quantitative estimate of drug-likeness (QED) is 0.677. The molecule has 0 heterocycles. The molecule has 0 aliphatic carbocycles. The van der Waals surface area contributed by atoms with Gasteiger partial charge in [0.25, 0.3) is 5.91 Å². The lowest BCUT2D eigenvalue weighted by Gasteiger charge is -2.15. The van der Waals surface area contributed by atoms with Crippen molar-refractivity contribution in [2.24, 2.45) is 0 Å². The number of rotatable bonds is 9. The van der Waals surface area contributed by atoms with Crippen LogP contribution in [0.25, 0.3) is 0 Å². The van der Waals surface area contributed by atoms with Gasteiger partial charge in [-0.25, -0.2) is 4.79 Å². The molecule has 1 rings (SSSR count). The average molecular weight is 295 g/mol. The number of carbonyl (C=O) groups excluding carboxylic acids is 1. The lowest BCUT2D eigenvalue weighted by Crippen LogP contribution is -2.40. The van der Waals surface area contributed by atoms with Gasteiger partial charge in [0.15, 0.2) is 0 Å². The molecule has 0 bridgehead atoms. The molecule has 6 nitrogen and oxygen atoms in total. The molecule has 0 saturated heterocycles. The van der Waals surface area contributed by atoms with Gasteiger partial charge in [-0.3, -0.25) is 4.79 Å². The van der Waals surface area contributed by atoms with E-state index in [0.29, 0.717) is 37.6 Å². The van der Waals surface area contributed by atoms with Crippen LogP contribution < -0.4 is 10.1 Å². The van der Waals surface area contributed by atoms with Crippen LogP contribution in [0.2, 0.25) is 0 Å². The van der Waals surface area contributed by atoms with Gasteiger partial charge < -0.3 is 19.9 Å². The van der Waals surface area contributed by atoms with Gasteiger partial charge in [0.1, 0.15) is 18.4 Å². The van der Waals surface area contributed by atoms with Gasteiger partial charge in [0.05, 0.1) is 12.2 Å². The van der Waals surface area contributed by atoms with Gasteiger partial charge in [0.2, 0.25) is 0 Å². The molecule has 1 aromatic carbocycles. The summed E-state index contributed by atoms with van der Waals surface area (Å²) in [6.07, 6.45) is 0.314. The molecule has 6 heteroatoms. The minimum absolute atomic E-state index is 0.314. The highest BCUT2D eigenvalue weighted by Crippen LogP contribution is 2.18. The third kappa shape index (κ3) is 5.43. The van der Waals surface area contributed by atoms with Crippen LogP contribution in [0, 0.1) is 0 Å². The monoisotopic (exact) mass is 295 g/mol. The molecule has 1 unspecified atom stereocenters. The highest BCUT2D eigenvalue weighted by atomic mass is 16.5. The van der Waals surface area contributed by atoms with E-state index < -0.39 is 17.9 Å². The molecule has 0 saturated carbocycles. The lowest BCUT2D eigenvalue weighted by atomic mass is 10.1. The van der Waals surface area contributed by atoms with Crippen molar-refractivity contribution in [3.8, 4) is 5.75 Å². The molecule has 0 aliphatic rings. The van der Waals surface area contributed by atoms with Crippen LogP contribution >= 0.6 is 0 Å². The molecule has 0 aromatic heterocycles. The van der Waals surface area contributed by atoms with Crippen LogP contribution in [0.5, 0.6) is 5.75 Å². The van der Waals surface area contributed by atoms with Crippen LogP contribution in [0.1, 0.15) is 30.6 Å². The highest BCUT2D eigenvalue weighted by Gasteiger charge is 2.20. The Labute approximate surface area is 124 Å². The van der Waals surface area contributed by atoms with Crippen molar-refractivity contribution >= 4 is 11.9 Å². The van der Waals surface area contributed by atoms with Crippen LogP contribution in [0.3, 0.4) is 0 Å². The maximum absolute atomic E-state index is 12.1. The summed E-state index contributed by atoms with van der Waals surface area (Å²) >= 11 is 0. The Kier molecular flexibility index (Phi) is 7.25. The van der Waals surface area contributed by atoms with E-state index in [2.05, 4.69) is 5.32 Å². The van der Waals surface area contributed by atoms with Gasteiger partial charge >= 0.3 is 5.97 Å². The summed E-state index contributed by atoms with van der Waals surface area (Å²) in [6.45, 7) is 4.94. The molecule has 0 radical (unpaired) electrons. The number of carboxylic acids is 1. The normalized spacial score (nSPS) is 11.7. The number of carbonyl (C=O) groups is 2. The third-order valence-corrected chi connectivity index (χ3v) is 2.83. The minimum atomic E-state index is -1.06. The molecule has 21 heavy (non-hydrogen) atoms. The molecule has 0 fully saturated rings. The summed E-state index contributed by atoms with van der Waals surface area (Å²) in [5, 5.41) is 11.5. The van der Waals surface area contributed by atoms with E-state index in [9.17, 15) is 9.59 Å². The van der Waals surface area contributed by atoms with Crippen molar-refractivity contribution in [1.82, 2.24) is 5.32 Å². The van der Waals surface area contributed by atoms with Gasteiger partial charge in [-0.05, 0) is 25.5 Å². The number of nitrogens with one attached hydrogen (secondary N) is 1. The number of hydrogen-bond acceptors (Lipinski definition) is 4. The Morgan fingerprint density at radius 3 is 2.57 bits per heavy atom. The second kappa shape index (κ2) is 8.97. The first-order valence-electron chi connectivity index (χ1n) is 6.93. The fraction of sp³-hybridized carbons (Fsp3) is 0.467. The molecule has 1 aromatic rings. The largest absolute Gasteiger partial charge is 0.490 e. The predicted octanol–water partition coefficient (Wildman–Crippen LogP) is 1.69. The van der Waals surface area contributed by atoms with E-state index >= 15 is 0 Å². The molecule has 2 N–H and O–H groups in total. The Morgan fingerprint density at radius 2 is 1.95 bits per heavy atom. The second-order valence-corrected chi connectivity index (χ2v) is 4.31. The average Bonchev–Trinajstić information content (AvgIpc) is 2.49. The van der Waals surface area contributed by atoms with Crippen molar-refractivity contribution in [2.75, 3.05) is 19.8 Å². The third-order valence-electron chi connectivity index (χ3n) is 2.83. The van der Waals surface area contributed by atoms with Crippen LogP contribution in [0.4, 0.5) is 0 Å². The summed E-state index contributed by atoms with van der Waals surface area (Å²) in [5.41, 5.74) is 0.314. The number of aliphatic carboxylic acids is 1. The molecule has 116 valence electrons. The van der Waals surface area contributed by atoms with E-state index in [1.54, 1.807) is 31.2 Å². The van der Waals surface area contributed by atoms with Crippen molar-refractivity contribution < 1.29 is 24.2 Å². The van der Waals surface area contributed by atoms with Gasteiger partial charge in [-0.15, -0.1) is 0 Å². The Hall–Kier alpha value is -2.08. The molecule has 0 aliphatic heterocycles. The van der Waals surface area contributed by atoms with Crippen molar-refractivity contribution in [1.29, 1.82) is 0 Å². The highest BCUT2D eigenvalue weighted by molar-refractivity contribution is 5.98. The minimum Gasteiger partial charge on any atom is -0.490 e. The maximum Gasteiger partial charge on any atom is 0.326 e. The summed E-state index contributed by atoms with van der Waals surface area (Å²) < 4.78 is 10.7. The maximum atomic E-state index is 12.1. The molecular formula is C15H21NO5. The van der Waals surface area contributed by atoms with Gasteiger partial charge in [-0.2, -0.15) is 0 Å². The topological polar surface area (TPSA) is 84.9 Å². The number of para-hydroxylation sites is 1.